The maximum atomic E-state index is 5.82. The third kappa shape index (κ3) is 6.63. The molecule has 108 valence electrons. The molecule has 1 aromatic carbocycles. The molecule has 0 saturated carbocycles. The van der Waals surface area contributed by atoms with Gasteiger partial charge in [0.2, 0.25) is 0 Å². The molecular formula is C17H29NO. The summed E-state index contributed by atoms with van der Waals surface area (Å²) in [5.74, 6) is 0.990. The van der Waals surface area contributed by atoms with Gasteiger partial charge in [-0.25, -0.2) is 0 Å². The van der Waals surface area contributed by atoms with Crippen LogP contribution in [-0.2, 0) is 5.41 Å². The van der Waals surface area contributed by atoms with E-state index in [2.05, 4.69) is 58.1 Å². The van der Waals surface area contributed by atoms with E-state index in [-0.39, 0.29) is 5.41 Å². The third-order valence-corrected chi connectivity index (χ3v) is 3.09. The fourth-order valence-electron chi connectivity index (χ4n) is 1.86. The molecule has 0 spiro atoms. The summed E-state index contributed by atoms with van der Waals surface area (Å²) in [6.07, 6.45) is 2.26. The lowest BCUT2D eigenvalue weighted by Gasteiger charge is -2.19. The number of rotatable bonds is 7. The highest BCUT2D eigenvalue weighted by Crippen LogP contribution is 2.25. The summed E-state index contributed by atoms with van der Waals surface area (Å²) in [4.78, 5) is 0. The molecule has 0 saturated heterocycles. The molecule has 0 aliphatic carbocycles. The molecule has 1 N–H and O–H groups in total. The Kier molecular flexibility index (Phi) is 6.36. The van der Waals surface area contributed by atoms with Gasteiger partial charge in [-0.05, 0) is 42.5 Å². The first kappa shape index (κ1) is 16.0. The van der Waals surface area contributed by atoms with Crippen molar-refractivity contribution < 1.29 is 4.74 Å². The smallest absolute Gasteiger partial charge is 0.119 e. The Balaban J connectivity index is 2.30. The van der Waals surface area contributed by atoms with Crippen LogP contribution in [0.3, 0.4) is 0 Å². The van der Waals surface area contributed by atoms with Gasteiger partial charge >= 0.3 is 0 Å². The van der Waals surface area contributed by atoms with Crippen molar-refractivity contribution in [3.05, 3.63) is 29.8 Å². The molecule has 2 nitrogen and oxygen atoms in total. The summed E-state index contributed by atoms with van der Waals surface area (Å²) in [5, 5.41) is 3.42. The second kappa shape index (κ2) is 7.54. The Morgan fingerprint density at radius 3 is 2.53 bits per heavy atom. The average molecular weight is 263 g/mol. The summed E-state index contributed by atoms with van der Waals surface area (Å²) < 4.78 is 5.82. The molecule has 0 aliphatic heterocycles. The van der Waals surface area contributed by atoms with Gasteiger partial charge < -0.3 is 10.1 Å². The summed E-state index contributed by atoms with van der Waals surface area (Å²) in [7, 11) is 0. The molecule has 0 amide bonds. The second-order valence-electron chi connectivity index (χ2n) is 6.44. The minimum Gasteiger partial charge on any atom is -0.494 e. The highest BCUT2D eigenvalue weighted by atomic mass is 16.5. The summed E-state index contributed by atoms with van der Waals surface area (Å²) >= 11 is 0. The minimum atomic E-state index is 0.181. The maximum absolute atomic E-state index is 5.82. The van der Waals surface area contributed by atoms with Crippen molar-refractivity contribution in [2.45, 2.75) is 58.9 Å². The molecule has 0 unspecified atom stereocenters. The normalized spacial score (nSPS) is 11.9. The van der Waals surface area contributed by atoms with Gasteiger partial charge in [-0.2, -0.15) is 0 Å². The number of unbranched alkanes of at least 4 members (excludes halogenated alkanes) is 1. The lowest BCUT2D eigenvalue weighted by Crippen LogP contribution is -2.23. The van der Waals surface area contributed by atoms with Crippen LogP contribution >= 0.6 is 0 Å². The van der Waals surface area contributed by atoms with E-state index < -0.39 is 0 Å². The van der Waals surface area contributed by atoms with Crippen molar-refractivity contribution in [3.63, 3.8) is 0 Å². The molecule has 0 fully saturated rings. The molecule has 0 bridgehead atoms. The lowest BCUT2D eigenvalue weighted by molar-refractivity contribution is 0.304. The summed E-state index contributed by atoms with van der Waals surface area (Å²) in [6, 6.07) is 9.02. The van der Waals surface area contributed by atoms with Crippen molar-refractivity contribution in [2.75, 3.05) is 13.2 Å². The Hall–Kier alpha value is -1.02. The van der Waals surface area contributed by atoms with E-state index in [0.717, 1.165) is 31.7 Å². The minimum absolute atomic E-state index is 0.181. The molecule has 0 atom stereocenters. The number of hydrogen-bond donors (Lipinski definition) is 1. The van der Waals surface area contributed by atoms with Crippen LogP contribution in [0.15, 0.2) is 24.3 Å². The predicted molar refractivity (Wildman–Crippen MR) is 83.0 cm³/mol. The van der Waals surface area contributed by atoms with Crippen LogP contribution in [0.1, 0.15) is 53.0 Å². The van der Waals surface area contributed by atoms with E-state index in [9.17, 15) is 0 Å². The largest absolute Gasteiger partial charge is 0.494 e. The molecule has 1 aromatic rings. The Labute approximate surface area is 118 Å². The molecule has 19 heavy (non-hydrogen) atoms. The lowest BCUT2D eigenvalue weighted by atomic mass is 9.87. The summed E-state index contributed by atoms with van der Waals surface area (Å²) in [5.41, 5.74) is 1.51. The molecule has 0 aromatic heterocycles. The first-order valence-corrected chi connectivity index (χ1v) is 7.36. The van der Waals surface area contributed by atoms with Crippen LogP contribution in [0.4, 0.5) is 0 Å². The maximum Gasteiger partial charge on any atom is 0.119 e. The van der Waals surface area contributed by atoms with Crippen molar-refractivity contribution in [1.29, 1.82) is 0 Å². The predicted octanol–water partition coefficient (Wildman–Crippen LogP) is 4.14. The van der Waals surface area contributed by atoms with E-state index in [1.165, 1.54) is 5.56 Å². The highest BCUT2D eigenvalue weighted by Gasteiger charge is 2.13. The van der Waals surface area contributed by atoms with Gasteiger partial charge in [0.05, 0.1) is 6.61 Å². The van der Waals surface area contributed by atoms with Gasteiger partial charge in [-0.3, -0.25) is 0 Å². The molecule has 2 heteroatoms. The van der Waals surface area contributed by atoms with Crippen LogP contribution in [-0.4, -0.2) is 19.2 Å². The number of hydrogen-bond acceptors (Lipinski definition) is 2. The van der Waals surface area contributed by atoms with Gasteiger partial charge in [0, 0.05) is 6.04 Å². The molecule has 1 rings (SSSR count). The SMILES string of the molecule is CC(C)NCCCCOc1cccc(C(C)(C)C)c1. The van der Waals surface area contributed by atoms with Crippen molar-refractivity contribution >= 4 is 0 Å². The molecule has 0 radical (unpaired) electrons. The summed E-state index contributed by atoms with van der Waals surface area (Å²) in [6.45, 7) is 12.9. The zero-order chi connectivity index (χ0) is 14.3. The fourth-order valence-corrected chi connectivity index (χ4v) is 1.86. The van der Waals surface area contributed by atoms with Crippen molar-refractivity contribution in [3.8, 4) is 5.75 Å². The van der Waals surface area contributed by atoms with E-state index in [1.54, 1.807) is 0 Å². The van der Waals surface area contributed by atoms with Crippen LogP contribution in [0, 0.1) is 0 Å². The van der Waals surface area contributed by atoms with Gasteiger partial charge in [-0.15, -0.1) is 0 Å². The Morgan fingerprint density at radius 2 is 1.89 bits per heavy atom. The van der Waals surface area contributed by atoms with Crippen LogP contribution < -0.4 is 10.1 Å². The number of ether oxygens (including phenoxy) is 1. The van der Waals surface area contributed by atoms with Crippen LogP contribution in [0.5, 0.6) is 5.75 Å². The first-order chi connectivity index (χ1) is 8.89. The van der Waals surface area contributed by atoms with Gasteiger partial charge in [0.15, 0.2) is 0 Å². The Morgan fingerprint density at radius 1 is 1.16 bits per heavy atom. The molecular weight excluding hydrogens is 234 g/mol. The number of nitrogens with one attached hydrogen (secondary N) is 1. The second-order valence-corrected chi connectivity index (χ2v) is 6.44. The topological polar surface area (TPSA) is 21.3 Å². The highest BCUT2D eigenvalue weighted by molar-refractivity contribution is 5.32. The zero-order valence-electron chi connectivity index (χ0n) is 13.1. The molecule has 0 aliphatic rings. The van der Waals surface area contributed by atoms with E-state index >= 15 is 0 Å². The monoisotopic (exact) mass is 263 g/mol. The van der Waals surface area contributed by atoms with E-state index in [1.807, 2.05) is 6.07 Å². The third-order valence-electron chi connectivity index (χ3n) is 3.09. The van der Waals surface area contributed by atoms with Crippen LogP contribution in [0.2, 0.25) is 0 Å². The van der Waals surface area contributed by atoms with Crippen LogP contribution in [0.25, 0.3) is 0 Å². The Bertz CT molecular complexity index is 366. The first-order valence-electron chi connectivity index (χ1n) is 7.36. The quantitative estimate of drug-likeness (QED) is 0.746. The number of benzene rings is 1. The van der Waals surface area contributed by atoms with E-state index in [0.29, 0.717) is 6.04 Å². The fraction of sp³-hybridized carbons (Fsp3) is 0.647. The molecule has 0 heterocycles. The van der Waals surface area contributed by atoms with Crippen molar-refractivity contribution in [1.82, 2.24) is 5.32 Å². The van der Waals surface area contributed by atoms with Gasteiger partial charge in [0.25, 0.3) is 0 Å². The average Bonchev–Trinajstić information content (AvgIpc) is 2.32. The standard InChI is InChI=1S/C17H29NO/c1-14(2)18-11-6-7-12-19-16-10-8-9-15(13-16)17(3,4)5/h8-10,13-14,18H,6-7,11-12H2,1-5H3. The van der Waals surface area contributed by atoms with E-state index in [4.69, 9.17) is 4.74 Å². The van der Waals surface area contributed by atoms with Gasteiger partial charge in [-0.1, -0.05) is 46.8 Å². The van der Waals surface area contributed by atoms with Crippen molar-refractivity contribution in [2.24, 2.45) is 0 Å². The zero-order valence-corrected chi connectivity index (χ0v) is 13.1. The van der Waals surface area contributed by atoms with Gasteiger partial charge in [0.1, 0.15) is 5.75 Å².